The number of hydrogen-bond donors (Lipinski definition) is 0. The SMILES string of the molecule is CS[C@@]1(c2cc(-c3ccc(C(F)(F)F)cc3)on2)[C@@H]([C@H]2COC(C)(C)O2)O[C@@H]2OC(C)(C)O[C@@H]21. The van der Waals surface area contributed by atoms with Gasteiger partial charge in [-0.15, -0.1) is 11.8 Å². The molecule has 3 aliphatic heterocycles. The highest BCUT2D eigenvalue weighted by Gasteiger charge is 2.68. The minimum absolute atomic E-state index is 0.312. The van der Waals surface area contributed by atoms with E-state index in [1.165, 1.54) is 23.9 Å². The monoisotopic (exact) mass is 501 g/mol. The Bertz CT molecular complexity index is 1060. The van der Waals surface area contributed by atoms with Gasteiger partial charge in [-0.05, 0) is 46.1 Å². The van der Waals surface area contributed by atoms with Gasteiger partial charge in [-0.1, -0.05) is 17.3 Å². The molecule has 1 aromatic heterocycles. The number of fused-ring (bicyclic) bond motifs is 1. The van der Waals surface area contributed by atoms with E-state index in [4.69, 9.17) is 28.2 Å². The average Bonchev–Trinajstić information content (AvgIpc) is 3.49. The number of benzene rings is 1. The van der Waals surface area contributed by atoms with Crippen molar-refractivity contribution in [2.75, 3.05) is 12.9 Å². The lowest BCUT2D eigenvalue weighted by Crippen LogP contribution is -2.49. The lowest BCUT2D eigenvalue weighted by molar-refractivity contribution is -0.225. The zero-order chi connectivity index (χ0) is 24.5. The van der Waals surface area contributed by atoms with Gasteiger partial charge in [-0.25, -0.2) is 0 Å². The van der Waals surface area contributed by atoms with Crippen molar-refractivity contribution < 1.29 is 41.4 Å². The summed E-state index contributed by atoms with van der Waals surface area (Å²) < 4.78 is 74.1. The number of rotatable bonds is 4. The predicted molar refractivity (Wildman–Crippen MR) is 116 cm³/mol. The first-order valence-electron chi connectivity index (χ1n) is 10.9. The van der Waals surface area contributed by atoms with Crippen molar-refractivity contribution >= 4 is 11.8 Å². The molecule has 3 saturated heterocycles. The molecule has 3 aliphatic rings. The number of thioether (sulfide) groups is 1. The smallest absolute Gasteiger partial charge is 0.356 e. The van der Waals surface area contributed by atoms with Crippen LogP contribution in [0.25, 0.3) is 11.3 Å². The number of nitrogens with zero attached hydrogens (tertiary/aromatic N) is 1. The van der Waals surface area contributed by atoms with Gasteiger partial charge in [0.15, 0.2) is 23.6 Å². The molecule has 4 heterocycles. The van der Waals surface area contributed by atoms with E-state index < -0.39 is 52.7 Å². The summed E-state index contributed by atoms with van der Waals surface area (Å²) in [6.45, 7) is 7.59. The van der Waals surface area contributed by atoms with E-state index in [-0.39, 0.29) is 0 Å². The van der Waals surface area contributed by atoms with Crippen molar-refractivity contribution in [2.24, 2.45) is 0 Å². The predicted octanol–water partition coefficient (Wildman–Crippen LogP) is 4.95. The molecule has 0 bridgehead atoms. The molecule has 7 nitrogen and oxygen atoms in total. The third-order valence-corrected chi connectivity index (χ3v) is 7.65. The summed E-state index contributed by atoms with van der Waals surface area (Å²) in [5.41, 5.74) is 0.269. The van der Waals surface area contributed by atoms with Gasteiger partial charge in [0.1, 0.15) is 28.8 Å². The van der Waals surface area contributed by atoms with E-state index in [1.54, 1.807) is 6.07 Å². The Labute approximate surface area is 199 Å². The van der Waals surface area contributed by atoms with Crippen molar-refractivity contribution in [1.82, 2.24) is 5.16 Å². The largest absolute Gasteiger partial charge is 0.416 e. The fourth-order valence-corrected chi connectivity index (χ4v) is 5.94. The van der Waals surface area contributed by atoms with E-state index >= 15 is 0 Å². The highest BCUT2D eigenvalue weighted by atomic mass is 32.2. The minimum atomic E-state index is -4.42. The third kappa shape index (κ3) is 3.96. The summed E-state index contributed by atoms with van der Waals surface area (Å²) in [4.78, 5) is 0. The summed E-state index contributed by atoms with van der Waals surface area (Å²) in [7, 11) is 0. The van der Waals surface area contributed by atoms with Crippen LogP contribution in [-0.4, -0.2) is 54.2 Å². The summed E-state index contributed by atoms with van der Waals surface area (Å²) in [5.74, 6) is -1.30. The second-order valence-electron chi connectivity index (χ2n) is 9.50. The van der Waals surface area contributed by atoms with Gasteiger partial charge in [0.25, 0.3) is 0 Å². The van der Waals surface area contributed by atoms with Gasteiger partial charge in [0.2, 0.25) is 0 Å². The summed E-state index contributed by atoms with van der Waals surface area (Å²) in [5, 5.41) is 4.32. The van der Waals surface area contributed by atoms with Crippen molar-refractivity contribution in [1.29, 1.82) is 0 Å². The van der Waals surface area contributed by atoms with Crippen LogP contribution in [0.4, 0.5) is 13.2 Å². The molecule has 0 unspecified atom stereocenters. The Hall–Kier alpha value is -1.63. The Morgan fingerprint density at radius 3 is 2.26 bits per heavy atom. The molecule has 0 saturated carbocycles. The maximum absolute atomic E-state index is 13.0. The maximum atomic E-state index is 13.0. The quantitative estimate of drug-likeness (QED) is 0.583. The number of hydrogen-bond acceptors (Lipinski definition) is 8. The normalized spacial score (nSPS) is 34.5. The summed E-state index contributed by atoms with van der Waals surface area (Å²) in [6, 6.07) is 6.47. The van der Waals surface area contributed by atoms with Gasteiger partial charge in [0.05, 0.1) is 12.2 Å². The zero-order valence-electron chi connectivity index (χ0n) is 19.3. The van der Waals surface area contributed by atoms with Crippen LogP contribution in [0, 0.1) is 0 Å². The van der Waals surface area contributed by atoms with E-state index in [9.17, 15) is 13.2 Å². The lowest BCUT2D eigenvalue weighted by atomic mass is 9.89. The van der Waals surface area contributed by atoms with Gasteiger partial charge in [-0.2, -0.15) is 13.2 Å². The van der Waals surface area contributed by atoms with Crippen LogP contribution in [0.3, 0.4) is 0 Å². The minimum Gasteiger partial charge on any atom is -0.356 e. The third-order valence-electron chi connectivity index (χ3n) is 6.30. The fourth-order valence-electron chi connectivity index (χ4n) is 4.80. The molecule has 1 aromatic carbocycles. The second kappa shape index (κ2) is 7.94. The molecular weight excluding hydrogens is 475 g/mol. The van der Waals surface area contributed by atoms with Gasteiger partial charge >= 0.3 is 6.18 Å². The first-order valence-corrected chi connectivity index (χ1v) is 12.1. The van der Waals surface area contributed by atoms with E-state index in [0.29, 0.717) is 23.6 Å². The standard InChI is InChI=1S/C23H26F3NO6S/c1-20(2)28-11-15(30-20)17-22(34-5,18-19(29-17)32-21(3,4)31-18)16-10-14(33-27-16)12-6-8-13(9-7-12)23(24,25)26/h6-10,15,17-19H,11H2,1-5H3/t15-,17-,18+,19-,22+/m1/s1. The molecule has 0 radical (unpaired) electrons. The molecule has 0 N–H and O–H groups in total. The summed E-state index contributed by atoms with van der Waals surface area (Å²) in [6.07, 6.45) is -4.65. The van der Waals surface area contributed by atoms with Crippen LogP contribution in [0.15, 0.2) is 34.9 Å². The molecule has 0 spiro atoms. The van der Waals surface area contributed by atoms with Crippen LogP contribution < -0.4 is 0 Å². The van der Waals surface area contributed by atoms with Crippen LogP contribution in [0.2, 0.25) is 0 Å². The molecule has 5 rings (SSSR count). The molecule has 11 heteroatoms. The number of alkyl halides is 3. The van der Waals surface area contributed by atoms with Crippen LogP contribution >= 0.6 is 11.8 Å². The topological polar surface area (TPSA) is 72.2 Å². The number of halogens is 3. The highest BCUT2D eigenvalue weighted by molar-refractivity contribution is 7.99. The van der Waals surface area contributed by atoms with E-state index in [2.05, 4.69) is 5.16 Å². The van der Waals surface area contributed by atoms with Crippen molar-refractivity contribution in [3.8, 4) is 11.3 Å². The van der Waals surface area contributed by atoms with Crippen LogP contribution in [-0.2, 0) is 34.6 Å². The van der Waals surface area contributed by atoms with E-state index in [0.717, 1.165) is 12.1 Å². The highest BCUT2D eigenvalue weighted by Crippen LogP contribution is 2.57. The van der Waals surface area contributed by atoms with Crippen LogP contribution in [0.5, 0.6) is 0 Å². The van der Waals surface area contributed by atoms with Gasteiger partial charge in [-0.3, -0.25) is 0 Å². The van der Waals surface area contributed by atoms with Crippen LogP contribution in [0.1, 0.15) is 39.0 Å². The van der Waals surface area contributed by atoms with Gasteiger partial charge in [0, 0.05) is 11.6 Å². The lowest BCUT2D eigenvalue weighted by Gasteiger charge is -2.37. The Morgan fingerprint density at radius 1 is 0.971 bits per heavy atom. The first kappa shape index (κ1) is 24.1. The van der Waals surface area contributed by atoms with E-state index in [1.807, 2.05) is 34.0 Å². The molecule has 3 fully saturated rings. The molecule has 0 amide bonds. The molecule has 5 atom stereocenters. The summed E-state index contributed by atoms with van der Waals surface area (Å²) >= 11 is 1.48. The number of aromatic nitrogens is 1. The fraction of sp³-hybridized carbons (Fsp3) is 0.609. The first-order chi connectivity index (χ1) is 15.8. The Kier molecular flexibility index (Phi) is 5.62. The molecule has 2 aromatic rings. The molecule has 34 heavy (non-hydrogen) atoms. The Balaban J connectivity index is 1.53. The maximum Gasteiger partial charge on any atom is 0.416 e. The Morgan fingerprint density at radius 2 is 1.68 bits per heavy atom. The zero-order valence-corrected chi connectivity index (χ0v) is 20.2. The number of ether oxygens (including phenoxy) is 5. The van der Waals surface area contributed by atoms with Crippen molar-refractivity contribution in [3.63, 3.8) is 0 Å². The second-order valence-corrected chi connectivity index (χ2v) is 10.6. The van der Waals surface area contributed by atoms with Crippen molar-refractivity contribution in [2.45, 2.75) is 74.8 Å². The molecular formula is C23H26F3NO6S. The molecule has 0 aliphatic carbocycles. The molecule has 186 valence electrons. The average molecular weight is 502 g/mol. The van der Waals surface area contributed by atoms with Crippen molar-refractivity contribution in [3.05, 3.63) is 41.6 Å². The van der Waals surface area contributed by atoms with Gasteiger partial charge < -0.3 is 28.2 Å².